The number of ether oxygens (including phenoxy) is 1. The van der Waals surface area contributed by atoms with Gasteiger partial charge in [-0.15, -0.1) is 0 Å². The lowest BCUT2D eigenvalue weighted by Crippen LogP contribution is -2.31. The van der Waals surface area contributed by atoms with Crippen molar-refractivity contribution in [3.05, 3.63) is 54.6 Å². The number of carboxylic acid groups (broad SMARTS) is 2. The lowest BCUT2D eigenvalue weighted by atomic mass is 10.1. The van der Waals surface area contributed by atoms with Crippen molar-refractivity contribution in [3.8, 4) is 5.75 Å². The first-order valence-electron chi connectivity index (χ1n) is 9.72. The van der Waals surface area contributed by atoms with Crippen LogP contribution in [0.15, 0.2) is 64.4 Å². The summed E-state index contributed by atoms with van der Waals surface area (Å²) in [6.45, 7) is 4.38. The molecule has 0 amide bonds. The Bertz CT molecular complexity index is 929. The van der Waals surface area contributed by atoms with Crippen molar-refractivity contribution in [2.45, 2.75) is 16.7 Å². The number of anilines is 2. The maximum atomic E-state index is 9.55. The second-order valence-corrected chi connectivity index (χ2v) is 8.48. The first-order valence-corrected chi connectivity index (χ1v) is 10.5. The molecule has 166 valence electrons. The fourth-order valence-corrected chi connectivity index (χ4v) is 4.34. The molecule has 0 saturated carbocycles. The number of para-hydroxylation sites is 1. The summed E-state index contributed by atoms with van der Waals surface area (Å²) in [6, 6.07) is 15.0. The van der Waals surface area contributed by atoms with Crippen molar-refractivity contribution in [1.29, 1.82) is 0 Å². The molecule has 1 heterocycles. The van der Waals surface area contributed by atoms with Crippen molar-refractivity contribution in [3.63, 3.8) is 0 Å². The van der Waals surface area contributed by atoms with Gasteiger partial charge in [0.25, 0.3) is 0 Å². The molecule has 2 aromatic rings. The third kappa shape index (κ3) is 7.34. The Morgan fingerprint density at radius 2 is 1.68 bits per heavy atom. The smallest absolute Gasteiger partial charge is 0.328 e. The second-order valence-electron chi connectivity index (χ2n) is 7.39. The Hall–Kier alpha value is -2.97. The zero-order valence-corrected chi connectivity index (χ0v) is 18.9. The van der Waals surface area contributed by atoms with E-state index in [2.05, 4.69) is 67.2 Å². The minimum Gasteiger partial charge on any atom is -0.497 e. The van der Waals surface area contributed by atoms with E-state index < -0.39 is 11.9 Å². The summed E-state index contributed by atoms with van der Waals surface area (Å²) in [4.78, 5) is 26.4. The van der Waals surface area contributed by atoms with Gasteiger partial charge in [-0.25, -0.2) is 9.59 Å². The van der Waals surface area contributed by atoms with Gasteiger partial charge in [-0.1, -0.05) is 30.8 Å². The van der Waals surface area contributed by atoms with E-state index in [-0.39, 0.29) is 0 Å². The predicted molar refractivity (Wildman–Crippen MR) is 123 cm³/mol. The highest BCUT2D eigenvalue weighted by atomic mass is 32.2. The van der Waals surface area contributed by atoms with E-state index in [0.717, 1.165) is 18.8 Å². The molecule has 0 fully saturated rings. The number of rotatable bonds is 7. The molecular formula is C23H28N2O5S. The largest absolute Gasteiger partial charge is 0.497 e. The molecule has 3 rings (SSSR count). The van der Waals surface area contributed by atoms with E-state index in [0.29, 0.717) is 18.1 Å². The SMILES string of the molecule is COc1ccc2c(c1)N(C[C@H](C)CN(C)C)c1ccccc1S2.O=C(O)C=CC(=O)O. The van der Waals surface area contributed by atoms with Crippen molar-refractivity contribution < 1.29 is 24.5 Å². The third-order valence-electron chi connectivity index (χ3n) is 4.37. The number of methoxy groups -OCH3 is 1. The minimum absolute atomic E-state index is 0.558. The van der Waals surface area contributed by atoms with Crippen LogP contribution in [-0.2, 0) is 9.59 Å². The highest BCUT2D eigenvalue weighted by molar-refractivity contribution is 7.99. The molecule has 2 aromatic carbocycles. The molecule has 0 aliphatic carbocycles. The molecule has 0 aromatic heterocycles. The zero-order valence-electron chi connectivity index (χ0n) is 18.1. The summed E-state index contributed by atoms with van der Waals surface area (Å²) < 4.78 is 5.44. The van der Waals surface area contributed by atoms with E-state index in [4.69, 9.17) is 14.9 Å². The summed E-state index contributed by atoms with van der Waals surface area (Å²) >= 11 is 1.84. The monoisotopic (exact) mass is 444 g/mol. The summed E-state index contributed by atoms with van der Waals surface area (Å²) in [5.74, 6) is -1.03. The number of nitrogens with zero attached hydrogens (tertiary/aromatic N) is 2. The van der Waals surface area contributed by atoms with Gasteiger partial charge in [0.2, 0.25) is 0 Å². The van der Waals surface area contributed by atoms with Crippen LogP contribution in [0.1, 0.15) is 6.92 Å². The Morgan fingerprint density at radius 3 is 2.26 bits per heavy atom. The topological polar surface area (TPSA) is 90.3 Å². The minimum atomic E-state index is -1.26. The van der Waals surface area contributed by atoms with Crippen LogP contribution >= 0.6 is 11.8 Å². The van der Waals surface area contributed by atoms with Gasteiger partial charge in [-0.2, -0.15) is 0 Å². The second kappa shape index (κ2) is 11.4. The summed E-state index contributed by atoms with van der Waals surface area (Å²) in [7, 11) is 5.99. The molecule has 1 aliphatic heterocycles. The van der Waals surface area contributed by atoms with Gasteiger partial charge in [0.05, 0.1) is 18.5 Å². The Morgan fingerprint density at radius 1 is 1.06 bits per heavy atom. The molecule has 0 spiro atoms. The van der Waals surface area contributed by atoms with Crippen LogP contribution in [0.4, 0.5) is 11.4 Å². The molecule has 8 heteroatoms. The number of hydrogen-bond donors (Lipinski definition) is 2. The standard InChI is InChI=1S/C19H24N2OS.C4H4O4/c1-14(12-20(2)3)13-21-16-7-5-6-8-18(16)23-19-10-9-15(22-4)11-17(19)21;5-3(6)1-2-4(7)8/h5-11,14H,12-13H2,1-4H3;1-2H,(H,5,6)(H,7,8)/t14-;/m1./s1. The number of carbonyl (C=O) groups is 2. The number of fused-ring (bicyclic) bond motifs is 2. The normalized spacial score (nSPS) is 13.1. The van der Waals surface area contributed by atoms with Crippen LogP contribution in [0.5, 0.6) is 5.75 Å². The van der Waals surface area contributed by atoms with Crippen molar-refractivity contribution in [2.75, 3.05) is 39.2 Å². The van der Waals surface area contributed by atoms with Crippen LogP contribution in [0.2, 0.25) is 0 Å². The summed E-state index contributed by atoms with van der Waals surface area (Å²) in [5.41, 5.74) is 2.54. The highest BCUT2D eigenvalue weighted by Crippen LogP contribution is 2.49. The van der Waals surface area contributed by atoms with Gasteiger partial charge in [0, 0.05) is 41.1 Å². The molecule has 0 bridgehead atoms. The molecule has 0 saturated heterocycles. The van der Waals surface area contributed by atoms with Crippen LogP contribution < -0.4 is 9.64 Å². The number of aliphatic carboxylic acids is 2. The first-order chi connectivity index (χ1) is 14.7. The maximum absolute atomic E-state index is 9.55. The average molecular weight is 445 g/mol. The predicted octanol–water partition coefficient (Wildman–Crippen LogP) is 4.21. The maximum Gasteiger partial charge on any atom is 0.328 e. The van der Waals surface area contributed by atoms with Crippen LogP contribution in [0.25, 0.3) is 0 Å². The molecule has 0 unspecified atom stereocenters. The Kier molecular flexibility index (Phi) is 8.96. The van der Waals surface area contributed by atoms with Crippen molar-refractivity contribution in [1.82, 2.24) is 4.90 Å². The number of benzene rings is 2. The molecule has 31 heavy (non-hydrogen) atoms. The van der Waals surface area contributed by atoms with Gasteiger partial charge < -0.3 is 24.7 Å². The van der Waals surface area contributed by atoms with Crippen LogP contribution in [0, 0.1) is 5.92 Å². The van der Waals surface area contributed by atoms with E-state index >= 15 is 0 Å². The Labute approximate surface area is 186 Å². The zero-order chi connectivity index (χ0) is 23.0. The summed E-state index contributed by atoms with van der Waals surface area (Å²) in [5, 5.41) is 15.6. The third-order valence-corrected chi connectivity index (χ3v) is 5.50. The van der Waals surface area contributed by atoms with Gasteiger partial charge in [0.15, 0.2) is 0 Å². The van der Waals surface area contributed by atoms with Gasteiger partial charge >= 0.3 is 11.9 Å². The van der Waals surface area contributed by atoms with Gasteiger partial charge in [0.1, 0.15) is 5.75 Å². The van der Waals surface area contributed by atoms with Crippen molar-refractivity contribution >= 4 is 35.1 Å². The van der Waals surface area contributed by atoms with Crippen molar-refractivity contribution in [2.24, 2.45) is 5.92 Å². The van der Waals surface area contributed by atoms with E-state index in [1.165, 1.54) is 21.2 Å². The van der Waals surface area contributed by atoms with Gasteiger partial charge in [-0.05, 0) is 44.3 Å². The lowest BCUT2D eigenvalue weighted by Gasteiger charge is -2.35. The van der Waals surface area contributed by atoms with Gasteiger partial charge in [-0.3, -0.25) is 0 Å². The molecular weight excluding hydrogens is 416 g/mol. The molecule has 2 N–H and O–H groups in total. The highest BCUT2D eigenvalue weighted by Gasteiger charge is 2.25. The number of hydrogen-bond acceptors (Lipinski definition) is 6. The van der Waals surface area contributed by atoms with Crippen LogP contribution in [-0.4, -0.2) is 61.3 Å². The molecule has 0 radical (unpaired) electrons. The molecule has 1 atom stereocenters. The quantitative estimate of drug-likeness (QED) is 0.614. The van der Waals surface area contributed by atoms with Crippen LogP contribution in [0.3, 0.4) is 0 Å². The fourth-order valence-electron chi connectivity index (χ4n) is 3.27. The summed E-state index contributed by atoms with van der Waals surface area (Å²) in [6.07, 6.45) is 1.12. The number of carboxylic acids is 2. The van der Waals surface area contributed by atoms with E-state index in [9.17, 15) is 9.59 Å². The Balaban J connectivity index is 0.000000366. The molecule has 1 aliphatic rings. The first kappa shape index (κ1) is 24.3. The fraction of sp³-hybridized carbons (Fsp3) is 0.304. The molecule has 7 nitrogen and oxygen atoms in total. The van der Waals surface area contributed by atoms with E-state index in [1.54, 1.807) is 7.11 Å². The lowest BCUT2D eigenvalue weighted by molar-refractivity contribution is -0.134. The average Bonchev–Trinajstić information content (AvgIpc) is 2.71. The van der Waals surface area contributed by atoms with E-state index in [1.807, 2.05) is 17.8 Å².